The fourth-order valence-corrected chi connectivity index (χ4v) is 2.85. The summed E-state index contributed by atoms with van der Waals surface area (Å²) in [6.45, 7) is 4.11. The predicted octanol–water partition coefficient (Wildman–Crippen LogP) is 4.31. The van der Waals surface area contributed by atoms with E-state index in [9.17, 15) is 9.59 Å². The molecule has 2 aromatic carbocycles. The lowest BCUT2D eigenvalue weighted by atomic mass is 10.1. The number of amides is 2. The molecule has 0 aliphatic carbocycles. The van der Waals surface area contributed by atoms with Crippen molar-refractivity contribution in [1.29, 1.82) is 0 Å². The topological polar surface area (TPSA) is 80.6 Å². The number of furan rings is 1. The van der Waals surface area contributed by atoms with Crippen molar-refractivity contribution in [3.63, 3.8) is 0 Å². The van der Waals surface area contributed by atoms with Gasteiger partial charge in [-0.3, -0.25) is 9.59 Å². The van der Waals surface area contributed by atoms with E-state index >= 15 is 0 Å². The van der Waals surface area contributed by atoms with Crippen molar-refractivity contribution < 1.29 is 18.7 Å². The van der Waals surface area contributed by atoms with E-state index in [1.165, 1.54) is 0 Å². The summed E-state index contributed by atoms with van der Waals surface area (Å²) in [7, 11) is 0. The first-order valence-electron chi connectivity index (χ1n) is 9.50. The number of hydrogen-bond acceptors (Lipinski definition) is 4. The highest BCUT2D eigenvalue weighted by Crippen LogP contribution is 2.19. The number of nitrogens with one attached hydrogen (secondary N) is 2. The second kappa shape index (κ2) is 9.59. The molecule has 2 amide bonds. The third-order valence-corrected chi connectivity index (χ3v) is 4.36. The molecule has 6 nitrogen and oxygen atoms in total. The first kappa shape index (κ1) is 20.2. The third-order valence-electron chi connectivity index (χ3n) is 4.36. The number of carbonyl (C=O) groups excluding carboxylic acids is 2. The Bertz CT molecular complexity index is 967. The number of ether oxygens (including phenoxy) is 1. The van der Waals surface area contributed by atoms with Gasteiger partial charge in [-0.05, 0) is 55.3 Å². The molecule has 6 heteroatoms. The minimum absolute atomic E-state index is 0.266. The number of anilines is 1. The Morgan fingerprint density at radius 1 is 1.07 bits per heavy atom. The average Bonchev–Trinajstić information content (AvgIpc) is 3.24. The first-order valence-corrected chi connectivity index (χ1v) is 9.50. The third kappa shape index (κ3) is 5.48. The molecule has 150 valence electrons. The Hall–Kier alpha value is -3.54. The Morgan fingerprint density at radius 2 is 1.90 bits per heavy atom. The van der Waals surface area contributed by atoms with Crippen LogP contribution in [0, 0.1) is 6.92 Å². The zero-order valence-electron chi connectivity index (χ0n) is 16.5. The molecule has 1 aromatic heterocycles. The van der Waals surface area contributed by atoms with Crippen LogP contribution in [0.15, 0.2) is 71.3 Å². The standard InChI is InChI=1S/C23H24N2O4/c1-3-21(29-17-9-6-8-16(2)14-17)23(27)25-20-12-5-4-11-19(20)22(26)24-15-18-10-7-13-28-18/h4-14,21H,3,15H2,1-2H3,(H,24,26)(H,25,27). The van der Waals surface area contributed by atoms with Crippen LogP contribution in [-0.2, 0) is 11.3 Å². The van der Waals surface area contributed by atoms with E-state index in [1.807, 2.05) is 38.1 Å². The van der Waals surface area contributed by atoms with Gasteiger partial charge in [0.25, 0.3) is 11.8 Å². The molecule has 0 aliphatic heterocycles. The molecule has 1 unspecified atom stereocenters. The lowest BCUT2D eigenvalue weighted by molar-refractivity contribution is -0.122. The van der Waals surface area contributed by atoms with Gasteiger partial charge in [0.2, 0.25) is 0 Å². The van der Waals surface area contributed by atoms with Crippen LogP contribution in [0.5, 0.6) is 5.75 Å². The van der Waals surface area contributed by atoms with Gasteiger partial charge < -0.3 is 19.8 Å². The van der Waals surface area contributed by atoms with E-state index < -0.39 is 6.10 Å². The Labute approximate surface area is 169 Å². The normalized spacial score (nSPS) is 11.5. The fraction of sp³-hybridized carbons (Fsp3) is 0.217. The summed E-state index contributed by atoms with van der Waals surface area (Å²) >= 11 is 0. The molecule has 0 fully saturated rings. The molecule has 0 spiro atoms. The van der Waals surface area contributed by atoms with Gasteiger partial charge in [-0.1, -0.05) is 31.2 Å². The summed E-state index contributed by atoms with van der Waals surface area (Å²) in [5, 5.41) is 5.61. The molecular weight excluding hydrogens is 368 g/mol. The SMILES string of the molecule is CCC(Oc1cccc(C)c1)C(=O)Nc1ccccc1C(=O)NCc1ccco1. The Kier molecular flexibility index (Phi) is 6.68. The molecule has 0 bridgehead atoms. The largest absolute Gasteiger partial charge is 0.481 e. The summed E-state index contributed by atoms with van der Waals surface area (Å²) in [6, 6.07) is 18.0. The van der Waals surface area contributed by atoms with E-state index in [0.29, 0.717) is 29.2 Å². The van der Waals surface area contributed by atoms with Gasteiger partial charge in [0.05, 0.1) is 24.1 Å². The fourth-order valence-electron chi connectivity index (χ4n) is 2.85. The maximum Gasteiger partial charge on any atom is 0.265 e. The van der Waals surface area contributed by atoms with Crippen molar-refractivity contribution in [1.82, 2.24) is 5.32 Å². The minimum atomic E-state index is -0.670. The van der Waals surface area contributed by atoms with E-state index in [-0.39, 0.29) is 18.4 Å². The van der Waals surface area contributed by atoms with E-state index in [4.69, 9.17) is 9.15 Å². The molecule has 2 N–H and O–H groups in total. The number of rotatable bonds is 8. The second-order valence-electron chi connectivity index (χ2n) is 6.63. The van der Waals surface area contributed by atoms with Crippen LogP contribution in [0.2, 0.25) is 0 Å². The number of carbonyl (C=O) groups is 2. The van der Waals surface area contributed by atoms with Gasteiger partial charge in [0, 0.05) is 0 Å². The summed E-state index contributed by atoms with van der Waals surface area (Å²) in [4.78, 5) is 25.3. The number of aryl methyl sites for hydroxylation is 1. The van der Waals surface area contributed by atoms with E-state index in [2.05, 4.69) is 10.6 Å². The molecular formula is C23H24N2O4. The molecule has 0 saturated carbocycles. The number of benzene rings is 2. The van der Waals surface area contributed by atoms with Crippen LogP contribution in [0.1, 0.15) is 35.0 Å². The summed E-state index contributed by atoms with van der Waals surface area (Å²) in [5.41, 5.74) is 1.86. The lowest BCUT2D eigenvalue weighted by Gasteiger charge is -2.18. The van der Waals surface area contributed by atoms with Crippen LogP contribution in [0.4, 0.5) is 5.69 Å². The van der Waals surface area contributed by atoms with E-state index in [0.717, 1.165) is 5.56 Å². The van der Waals surface area contributed by atoms with Crippen molar-refractivity contribution >= 4 is 17.5 Å². The summed E-state index contributed by atoms with van der Waals surface area (Å²) in [6.07, 6.45) is 1.37. The van der Waals surface area contributed by atoms with Gasteiger partial charge in [0.1, 0.15) is 11.5 Å². The molecule has 0 radical (unpaired) electrons. The van der Waals surface area contributed by atoms with Gasteiger partial charge in [-0.25, -0.2) is 0 Å². The predicted molar refractivity (Wildman–Crippen MR) is 111 cm³/mol. The van der Waals surface area contributed by atoms with Gasteiger partial charge in [-0.2, -0.15) is 0 Å². The molecule has 3 rings (SSSR count). The van der Waals surface area contributed by atoms with Crippen molar-refractivity contribution in [3.05, 3.63) is 83.8 Å². The van der Waals surface area contributed by atoms with Crippen LogP contribution in [0.3, 0.4) is 0 Å². The zero-order chi connectivity index (χ0) is 20.6. The van der Waals surface area contributed by atoms with Gasteiger partial charge in [0.15, 0.2) is 6.10 Å². The molecule has 3 aromatic rings. The average molecular weight is 392 g/mol. The molecule has 0 aliphatic rings. The molecule has 1 atom stereocenters. The second-order valence-corrected chi connectivity index (χ2v) is 6.63. The monoisotopic (exact) mass is 392 g/mol. The van der Waals surface area contributed by atoms with Gasteiger partial charge in [-0.15, -0.1) is 0 Å². The van der Waals surface area contributed by atoms with Gasteiger partial charge >= 0.3 is 0 Å². The van der Waals surface area contributed by atoms with Crippen LogP contribution in [-0.4, -0.2) is 17.9 Å². The highest BCUT2D eigenvalue weighted by atomic mass is 16.5. The van der Waals surface area contributed by atoms with Crippen molar-refractivity contribution in [2.75, 3.05) is 5.32 Å². The highest BCUT2D eigenvalue weighted by Gasteiger charge is 2.21. The lowest BCUT2D eigenvalue weighted by Crippen LogP contribution is -2.33. The first-order chi connectivity index (χ1) is 14.1. The Balaban J connectivity index is 1.68. The van der Waals surface area contributed by atoms with Crippen LogP contribution in [0.25, 0.3) is 0 Å². The highest BCUT2D eigenvalue weighted by molar-refractivity contribution is 6.04. The smallest absolute Gasteiger partial charge is 0.265 e. The molecule has 1 heterocycles. The zero-order valence-corrected chi connectivity index (χ0v) is 16.5. The maximum absolute atomic E-state index is 12.8. The van der Waals surface area contributed by atoms with Crippen molar-refractivity contribution in [2.24, 2.45) is 0 Å². The van der Waals surface area contributed by atoms with Crippen molar-refractivity contribution in [2.45, 2.75) is 32.9 Å². The molecule has 0 saturated heterocycles. The number of para-hydroxylation sites is 1. The van der Waals surface area contributed by atoms with Crippen LogP contribution >= 0.6 is 0 Å². The summed E-state index contributed by atoms with van der Waals surface area (Å²) < 4.78 is 11.1. The minimum Gasteiger partial charge on any atom is -0.481 e. The quantitative estimate of drug-likeness (QED) is 0.598. The number of hydrogen-bond donors (Lipinski definition) is 2. The molecule has 29 heavy (non-hydrogen) atoms. The van der Waals surface area contributed by atoms with E-state index in [1.54, 1.807) is 42.7 Å². The van der Waals surface area contributed by atoms with Crippen LogP contribution < -0.4 is 15.4 Å². The maximum atomic E-state index is 12.8. The summed E-state index contributed by atoms with van der Waals surface area (Å²) in [5.74, 6) is 0.680. The van der Waals surface area contributed by atoms with Crippen molar-refractivity contribution in [3.8, 4) is 5.75 Å². The Morgan fingerprint density at radius 3 is 2.62 bits per heavy atom.